The Morgan fingerprint density at radius 3 is 2.46 bits per heavy atom. The number of aromatic nitrogens is 1. The fraction of sp³-hybridized carbons (Fsp3) is 0.0588. The van der Waals surface area contributed by atoms with Gasteiger partial charge in [-0.2, -0.15) is 13.2 Å². The number of nitrogens with zero attached hydrogens (tertiary/aromatic N) is 1. The van der Waals surface area contributed by atoms with E-state index < -0.39 is 11.4 Å². The van der Waals surface area contributed by atoms with E-state index in [1.807, 2.05) is 12.1 Å². The van der Waals surface area contributed by atoms with Gasteiger partial charge in [-0.25, -0.2) is 0 Å². The van der Waals surface area contributed by atoms with Crippen LogP contribution in [0.2, 0.25) is 0 Å². The van der Waals surface area contributed by atoms with E-state index in [4.69, 9.17) is 0 Å². The van der Waals surface area contributed by atoms with Gasteiger partial charge in [0.15, 0.2) is 0 Å². The van der Waals surface area contributed by atoms with Crippen molar-refractivity contribution in [3.05, 3.63) is 66.4 Å². The number of pyridine rings is 1. The molecule has 0 radical (unpaired) electrons. The molecule has 1 N–H and O–H groups in total. The minimum absolute atomic E-state index is 0.0356. The molecule has 122 valence electrons. The summed E-state index contributed by atoms with van der Waals surface area (Å²) in [6, 6.07) is 14.2. The van der Waals surface area contributed by atoms with Crippen molar-refractivity contribution < 1.29 is 18.0 Å². The van der Waals surface area contributed by atoms with Gasteiger partial charge in [0, 0.05) is 22.0 Å². The number of nitrogens with one attached hydrogen (secondary N) is 1. The first-order valence-corrected chi connectivity index (χ1v) is 7.75. The molecule has 0 spiro atoms. The summed E-state index contributed by atoms with van der Waals surface area (Å²) in [7, 11) is 0. The number of thioether (sulfide) groups is 1. The Bertz CT molecular complexity index is 874. The van der Waals surface area contributed by atoms with E-state index in [9.17, 15) is 18.0 Å². The summed E-state index contributed by atoms with van der Waals surface area (Å²) in [4.78, 5) is 16.5. The molecule has 0 unspecified atom stereocenters. The van der Waals surface area contributed by atoms with Gasteiger partial charge in [0.1, 0.15) is 0 Å². The van der Waals surface area contributed by atoms with Crippen LogP contribution in [0.25, 0.3) is 10.9 Å². The Morgan fingerprint density at radius 1 is 1.00 bits per heavy atom. The molecule has 0 atom stereocenters. The van der Waals surface area contributed by atoms with Crippen LogP contribution in [-0.4, -0.2) is 16.4 Å². The van der Waals surface area contributed by atoms with Gasteiger partial charge in [-0.15, -0.1) is 0 Å². The van der Waals surface area contributed by atoms with Crippen LogP contribution in [0, 0.1) is 0 Å². The minimum atomic E-state index is -4.35. The summed E-state index contributed by atoms with van der Waals surface area (Å²) in [5.74, 6) is -0.394. The lowest BCUT2D eigenvalue weighted by Gasteiger charge is -2.09. The van der Waals surface area contributed by atoms with Gasteiger partial charge in [0.25, 0.3) is 5.91 Å². The Balaban J connectivity index is 1.79. The topological polar surface area (TPSA) is 42.0 Å². The Hall–Kier alpha value is -2.54. The normalized spacial score (nSPS) is 11.5. The molecule has 3 nitrogen and oxygen atoms in total. The van der Waals surface area contributed by atoms with Crippen molar-refractivity contribution in [3.8, 4) is 0 Å². The first-order valence-electron chi connectivity index (χ1n) is 6.93. The van der Waals surface area contributed by atoms with Crippen LogP contribution < -0.4 is 5.32 Å². The maximum atomic E-state index is 12.3. The molecule has 1 aromatic heterocycles. The van der Waals surface area contributed by atoms with Crippen molar-refractivity contribution >= 4 is 34.3 Å². The molecule has 2 aromatic carbocycles. The quantitative estimate of drug-likeness (QED) is 0.670. The second-order valence-electron chi connectivity index (χ2n) is 4.90. The van der Waals surface area contributed by atoms with Gasteiger partial charge in [-0.3, -0.25) is 9.78 Å². The van der Waals surface area contributed by atoms with Crippen LogP contribution >= 0.6 is 11.8 Å². The van der Waals surface area contributed by atoms with Crippen LogP contribution in [0.5, 0.6) is 0 Å². The molecule has 0 aliphatic heterocycles. The molecule has 0 bridgehead atoms. The van der Waals surface area contributed by atoms with E-state index in [1.165, 1.54) is 24.3 Å². The third kappa shape index (κ3) is 3.86. The Morgan fingerprint density at radius 2 is 1.75 bits per heavy atom. The number of benzene rings is 2. The van der Waals surface area contributed by atoms with E-state index in [0.29, 0.717) is 5.69 Å². The summed E-state index contributed by atoms with van der Waals surface area (Å²) in [6.45, 7) is 0. The largest absolute Gasteiger partial charge is 0.446 e. The van der Waals surface area contributed by atoms with Crippen LogP contribution in [-0.2, 0) is 0 Å². The SMILES string of the molecule is O=C(Nc1cccc2ncccc12)c1ccc(SC(F)(F)F)cc1. The number of amides is 1. The van der Waals surface area contributed by atoms with Crippen LogP contribution in [0.3, 0.4) is 0 Å². The fourth-order valence-electron chi connectivity index (χ4n) is 2.21. The van der Waals surface area contributed by atoms with Gasteiger partial charge in [-0.1, -0.05) is 6.07 Å². The van der Waals surface area contributed by atoms with Crippen LogP contribution in [0.4, 0.5) is 18.9 Å². The highest BCUT2D eigenvalue weighted by molar-refractivity contribution is 8.00. The van der Waals surface area contributed by atoms with Gasteiger partial charge >= 0.3 is 5.51 Å². The standard InChI is InChI=1S/C17H11F3N2OS/c18-17(19,20)24-12-8-6-11(7-9-12)16(23)22-15-5-1-4-14-13(15)3-2-10-21-14/h1-10H,(H,22,23). The van der Waals surface area contributed by atoms with E-state index in [2.05, 4.69) is 10.3 Å². The molecule has 0 fully saturated rings. The number of alkyl halides is 3. The summed E-state index contributed by atoms with van der Waals surface area (Å²) < 4.78 is 36.9. The minimum Gasteiger partial charge on any atom is -0.321 e. The maximum Gasteiger partial charge on any atom is 0.446 e. The van der Waals surface area contributed by atoms with Crippen molar-refractivity contribution in [1.29, 1.82) is 0 Å². The zero-order valence-corrected chi connectivity index (χ0v) is 13.0. The number of hydrogen-bond acceptors (Lipinski definition) is 3. The molecule has 7 heteroatoms. The molecule has 1 amide bonds. The molecule has 0 saturated carbocycles. The predicted octanol–water partition coefficient (Wildman–Crippen LogP) is 5.10. The molecule has 1 heterocycles. The van der Waals surface area contributed by atoms with Crippen molar-refractivity contribution in [2.75, 3.05) is 5.32 Å². The second-order valence-corrected chi connectivity index (χ2v) is 6.04. The number of carbonyl (C=O) groups is 1. The monoisotopic (exact) mass is 348 g/mol. The van der Waals surface area contributed by atoms with E-state index in [0.717, 1.165) is 10.9 Å². The van der Waals surface area contributed by atoms with E-state index in [1.54, 1.807) is 24.4 Å². The lowest BCUT2D eigenvalue weighted by Crippen LogP contribution is -2.12. The average molecular weight is 348 g/mol. The van der Waals surface area contributed by atoms with E-state index >= 15 is 0 Å². The first kappa shape index (κ1) is 16.3. The number of rotatable bonds is 3. The van der Waals surface area contributed by atoms with Crippen molar-refractivity contribution in [3.63, 3.8) is 0 Å². The smallest absolute Gasteiger partial charge is 0.321 e. The Kier molecular flexibility index (Phi) is 4.44. The van der Waals surface area contributed by atoms with Crippen molar-refractivity contribution in [2.45, 2.75) is 10.4 Å². The highest BCUT2D eigenvalue weighted by atomic mass is 32.2. The van der Waals surface area contributed by atoms with Crippen molar-refractivity contribution in [2.24, 2.45) is 0 Å². The van der Waals surface area contributed by atoms with Crippen molar-refractivity contribution in [1.82, 2.24) is 4.98 Å². The average Bonchev–Trinajstić information content (AvgIpc) is 2.54. The third-order valence-electron chi connectivity index (χ3n) is 3.24. The highest BCUT2D eigenvalue weighted by Gasteiger charge is 2.29. The van der Waals surface area contributed by atoms with Gasteiger partial charge in [-0.05, 0) is 60.3 Å². The molecular weight excluding hydrogens is 337 g/mol. The number of hydrogen-bond donors (Lipinski definition) is 1. The molecule has 0 saturated heterocycles. The van der Waals surface area contributed by atoms with Crippen LogP contribution in [0.15, 0.2) is 65.7 Å². The van der Waals surface area contributed by atoms with Gasteiger partial charge < -0.3 is 5.32 Å². The lowest BCUT2D eigenvalue weighted by molar-refractivity contribution is -0.0328. The Labute approximate surface area is 139 Å². The van der Waals surface area contributed by atoms with E-state index in [-0.39, 0.29) is 22.2 Å². The molecule has 3 rings (SSSR count). The number of fused-ring (bicyclic) bond motifs is 1. The summed E-state index contributed by atoms with van der Waals surface area (Å²) in [5, 5.41) is 3.55. The van der Waals surface area contributed by atoms with Crippen LogP contribution in [0.1, 0.15) is 10.4 Å². The molecule has 0 aliphatic carbocycles. The summed E-state index contributed by atoms with van der Waals surface area (Å²) >= 11 is -0.213. The number of halogens is 3. The molecular formula is C17H11F3N2OS. The number of carbonyl (C=O) groups excluding carboxylic acids is 1. The third-order valence-corrected chi connectivity index (χ3v) is 3.98. The maximum absolute atomic E-state index is 12.3. The molecule has 3 aromatic rings. The second kappa shape index (κ2) is 6.52. The fourth-order valence-corrected chi connectivity index (χ4v) is 2.75. The zero-order valence-electron chi connectivity index (χ0n) is 12.2. The molecule has 24 heavy (non-hydrogen) atoms. The molecule has 0 aliphatic rings. The summed E-state index contributed by atoms with van der Waals surface area (Å²) in [6.07, 6.45) is 1.66. The number of anilines is 1. The van der Waals surface area contributed by atoms with Gasteiger partial charge in [0.2, 0.25) is 0 Å². The first-order chi connectivity index (χ1) is 11.4. The summed E-state index contributed by atoms with van der Waals surface area (Å²) in [5.41, 5.74) is -2.73. The lowest BCUT2D eigenvalue weighted by atomic mass is 10.1. The predicted molar refractivity (Wildman–Crippen MR) is 88.1 cm³/mol. The zero-order chi connectivity index (χ0) is 17.2. The highest BCUT2D eigenvalue weighted by Crippen LogP contribution is 2.36. The van der Waals surface area contributed by atoms with Gasteiger partial charge in [0.05, 0.1) is 11.2 Å².